The van der Waals surface area contributed by atoms with Crippen molar-refractivity contribution in [3.05, 3.63) is 95.1 Å². The van der Waals surface area contributed by atoms with E-state index < -0.39 is 5.69 Å². The van der Waals surface area contributed by atoms with Crippen LogP contribution in [0.25, 0.3) is 16.6 Å². The van der Waals surface area contributed by atoms with Crippen LogP contribution in [-0.4, -0.2) is 19.9 Å². The lowest BCUT2D eigenvalue weighted by molar-refractivity contribution is 0.182. The van der Waals surface area contributed by atoms with Crippen LogP contribution in [0.2, 0.25) is 0 Å². The third kappa shape index (κ3) is 3.79. The van der Waals surface area contributed by atoms with E-state index in [4.69, 9.17) is 0 Å². The number of hydrogen-bond acceptors (Lipinski definition) is 5. The van der Waals surface area contributed by atoms with Gasteiger partial charge in [-0.2, -0.15) is 4.98 Å². The summed E-state index contributed by atoms with van der Waals surface area (Å²) in [5, 5.41) is 13.6. The van der Waals surface area contributed by atoms with Gasteiger partial charge in [0.1, 0.15) is 5.82 Å². The van der Waals surface area contributed by atoms with Gasteiger partial charge in [-0.05, 0) is 35.8 Å². The molecule has 3 aromatic rings. The Labute approximate surface area is 156 Å². The van der Waals surface area contributed by atoms with Crippen molar-refractivity contribution in [1.29, 1.82) is 0 Å². The van der Waals surface area contributed by atoms with Gasteiger partial charge in [0.05, 0.1) is 5.39 Å². The normalized spacial score (nSPS) is 11.8. The molecule has 0 unspecified atom stereocenters. The molecule has 3 rings (SSSR count). The lowest BCUT2D eigenvalue weighted by atomic mass is 9.98. The van der Waals surface area contributed by atoms with Crippen LogP contribution >= 0.6 is 0 Å². The second-order valence-electron chi connectivity index (χ2n) is 5.80. The van der Waals surface area contributed by atoms with Crippen molar-refractivity contribution >= 4 is 22.4 Å². The SMILES string of the molecule is C=C/C=C(\C=C/C)c1ccccc1CNc1nc(=O)n(O)c2ncccc12. The highest BCUT2D eigenvalue weighted by atomic mass is 16.5. The summed E-state index contributed by atoms with van der Waals surface area (Å²) in [4.78, 5) is 19.9. The molecule has 136 valence electrons. The van der Waals surface area contributed by atoms with Crippen molar-refractivity contribution in [2.75, 3.05) is 5.32 Å². The highest BCUT2D eigenvalue weighted by Crippen LogP contribution is 2.23. The first-order chi connectivity index (χ1) is 13.2. The fraction of sp³-hybridized carbons (Fsp3) is 0.0952. The number of fused-ring (bicyclic) bond motifs is 1. The summed E-state index contributed by atoms with van der Waals surface area (Å²) < 4.78 is 0.450. The Balaban J connectivity index is 1.99. The predicted molar refractivity (Wildman–Crippen MR) is 108 cm³/mol. The molecule has 6 heteroatoms. The first-order valence-electron chi connectivity index (χ1n) is 8.50. The van der Waals surface area contributed by atoms with Crippen LogP contribution in [-0.2, 0) is 6.54 Å². The third-order valence-corrected chi connectivity index (χ3v) is 4.05. The molecule has 0 bridgehead atoms. The first-order valence-corrected chi connectivity index (χ1v) is 8.50. The molecule has 0 aliphatic heterocycles. The molecule has 0 saturated carbocycles. The summed E-state index contributed by atoms with van der Waals surface area (Å²) in [6, 6.07) is 11.5. The van der Waals surface area contributed by atoms with E-state index in [1.807, 2.05) is 49.4 Å². The van der Waals surface area contributed by atoms with E-state index in [0.717, 1.165) is 16.7 Å². The smallest absolute Gasteiger partial charge is 0.384 e. The van der Waals surface area contributed by atoms with Crippen LogP contribution in [0.5, 0.6) is 0 Å². The van der Waals surface area contributed by atoms with Gasteiger partial charge in [0, 0.05) is 12.7 Å². The summed E-state index contributed by atoms with van der Waals surface area (Å²) in [5.41, 5.74) is 2.51. The van der Waals surface area contributed by atoms with Gasteiger partial charge in [0.2, 0.25) is 0 Å². The molecule has 0 atom stereocenters. The van der Waals surface area contributed by atoms with Gasteiger partial charge in [0.15, 0.2) is 5.65 Å². The molecule has 0 radical (unpaired) electrons. The zero-order valence-electron chi connectivity index (χ0n) is 15.0. The van der Waals surface area contributed by atoms with Gasteiger partial charge in [0.25, 0.3) is 0 Å². The number of allylic oxidation sites excluding steroid dienone is 5. The van der Waals surface area contributed by atoms with Crippen molar-refractivity contribution in [2.45, 2.75) is 13.5 Å². The number of pyridine rings is 1. The monoisotopic (exact) mass is 360 g/mol. The van der Waals surface area contributed by atoms with E-state index in [1.165, 1.54) is 6.20 Å². The standard InChI is InChI=1S/C21H20N4O2/c1-3-8-15(9-4-2)17-11-6-5-10-16(17)14-23-19-18-12-7-13-22-20(18)25(27)21(26)24-19/h3-13,27H,1,14H2,2H3,(H,23,24,26)/b9-4-,15-8+. The Hall–Kier alpha value is -3.67. The number of nitrogens with zero attached hydrogens (tertiary/aromatic N) is 3. The van der Waals surface area contributed by atoms with Crippen LogP contribution in [0.15, 0.2) is 78.3 Å². The van der Waals surface area contributed by atoms with E-state index in [-0.39, 0.29) is 5.65 Å². The second kappa shape index (κ2) is 8.14. The molecule has 0 aliphatic rings. The molecule has 2 aromatic heterocycles. The maximum atomic E-state index is 11.9. The highest BCUT2D eigenvalue weighted by Gasteiger charge is 2.11. The lowest BCUT2D eigenvalue weighted by Crippen LogP contribution is -2.23. The topological polar surface area (TPSA) is 80.0 Å². The molecule has 0 aliphatic carbocycles. The summed E-state index contributed by atoms with van der Waals surface area (Å²) in [5.74, 6) is 0.378. The minimum atomic E-state index is -0.779. The molecule has 0 amide bonds. The zero-order valence-corrected chi connectivity index (χ0v) is 15.0. The molecular formula is C21H20N4O2. The molecule has 6 nitrogen and oxygen atoms in total. The Morgan fingerprint density at radius 1 is 1.30 bits per heavy atom. The minimum absolute atomic E-state index is 0.162. The second-order valence-corrected chi connectivity index (χ2v) is 5.80. The molecule has 0 saturated heterocycles. The molecule has 2 N–H and O–H groups in total. The van der Waals surface area contributed by atoms with E-state index in [2.05, 4.69) is 21.9 Å². The Morgan fingerprint density at radius 2 is 2.11 bits per heavy atom. The lowest BCUT2D eigenvalue weighted by Gasteiger charge is -2.13. The summed E-state index contributed by atoms with van der Waals surface area (Å²) in [7, 11) is 0. The summed E-state index contributed by atoms with van der Waals surface area (Å²) in [6.07, 6.45) is 9.20. The summed E-state index contributed by atoms with van der Waals surface area (Å²) in [6.45, 7) is 6.20. The largest absolute Gasteiger partial charge is 0.422 e. The van der Waals surface area contributed by atoms with Crippen LogP contribution in [0.3, 0.4) is 0 Å². The van der Waals surface area contributed by atoms with Gasteiger partial charge in [-0.25, -0.2) is 9.78 Å². The Kier molecular flexibility index (Phi) is 5.47. The van der Waals surface area contributed by atoms with Crippen molar-refractivity contribution in [3.8, 4) is 0 Å². The average molecular weight is 360 g/mol. The molecular weight excluding hydrogens is 340 g/mol. The maximum absolute atomic E-state index is 11.9. The van der Waals surface area contributed by atoms with E-state index in [0.29, 0.717) is 22.5 Å². The number of hydrogen-bond donors (Lipinski definition) is 2. The van der Waals surface area contributed by atoms with E-state index >= 15 is 0 Å². The van der Waals surface area contributed by atoms with Gasteiger partial charge < -0.3 is 10.5 Å². The third-order valence-electron chi connectivity index (χ3n) is 4.05. The number of rotatable bonds is 6. The Morgan fingerprint density at radius 3 is 2.89 bits per heavy atom. The summed E-state index contributed by atoms with van der Waals surface area (Å²) >= 11 is 0. The molecule has 0 fully saturated rings. The predicted octanol–water partition coefficient (Wildman–Crippen LogP) is 3.79. The van der Waals surface area contributed by atoms with Crippen LogP contribution in [0, 0.1) is 0 Å². The maximum Gasteiger partial charge on any atom is 0.384 e. The van der Waals surface area contributed by atoms with Crippen molar-refractivity contribution in [3.63, 3.8) is 0 Å². The molecule has 1 aromatic carbocycles. The van der Waals surface area contributed by atoms with Crippen LogP contribution < -0.4 is 11.0 Å². The van der Waals surface area contributed by atoms with E-state index in [9.17, 15) is 10.0 Å². The fourth-order valence-electron chi connectivity index (χ4n) is 2.86. The van der Waals surface area contributed by atoms with Crippen molar-refractivity contribution in [2.24, 2.45) is 0 Å². The van der Waals surface area contributed by atoms with Gasteiger partial charge in [-0.1, -0.05) is 55.1 Å². The fourth-order valence-corrected chi connectivity index (χ4v) is 2.86. The van der Waals surface area contributed by atoms with Gasteiger partial charge in [-0.3, -0.25) is 0 Å². The average Bonchev–Trinajstić information content (AvgIpc) is 2.70. The number of anilines is 1. The van der Waals surface area contributed by atoms with Crippen molar-refractivity contribution < 1.29 is 5.21 Å². The van der Waals surface area contributed by atoms with Gasteiger partial charge in [-0.15, -0.1) is 4.73 Å². The Bertz CT molecular complexity index is 1100. The van der Waals surface area contributed by atoms with Crippen LogP contribution in [0.4, 0.5) is 5.82 Å². The van der Waals surface area contributed by atoms with E-state index in [1.54, 1.807) is 18.2 Å². The molecule has 0 spiro atoms. The van der Waals surface area contributed by atoms with Crippen LogP contribution in [0.1, 0.15) is 18.1 Å². The molecule has 2 heterocycles. The minimum Gasteiger partial charge on any atom is -0.422 e. The van der Waals surface area contributed by atoms with Crippen molar-refractivity contribution in [1.82, 2.24) is 14.7 Å². The first kappa shape index (κ1) is 18.1. The number of nitrogens with one attached hydrogen (secondary N) is 1. The zero-order chi connectivity index (χ0) is 19.2. The molecule has 27 heavy (non-hydrogen) atoms. The number of benzene rings is 1. The highest BCUT2D eigenvalue weighted by molar-refractivity contribution is 5.86. The number of aromatic nitrogens is 3. The quantitative estimate of drug-likeness (QED) is 0.516. The van der Waals surface area contributed by atoms with Gasteiger partial charge >= 0.3 is 5.69 Å².